The number of benzene rings is 2. The van der Waals surface area contributed by atoms with Gasteiger partial charge in [0.25, 0.3) is 5.91 Å². The van der Waals surface area contributed by atoms with Gasteiger partial charge in [0.15, 0.2) is 5.11 Å². The Kier molecular flexibility index (Phi) is 6.22. The van der Waals surface area contributed by atoms with E-state index >= 15 is 0 Å². The summed E-state index contributed by atoms with van der Waals surface area (Å²) in [6, 6.07) is 12.3. The number of aryl methyl sites for hydroxylation is 2. The van der Waals surface area contributed by atoms with Gasteiger partial charge >= 0.3 is 0 Å². The molecule has 0 radical (unpaired) electrons. The Balaban J connectivity index is 1.92. The summed E-state index contributed by atoms with van der Waals surface area (Å²) in [5, 5.41) is 14.0. The zero-order valence-corrected chi connectivity index (χ0v) is 17.4. The van der Waals surface area contributed by atoms with Crippen molar-refractivity contribution in [3.8, 4) is 6.07 Å². The summed E-state index contributed by atoms with van der Waals surface area (Å²) in [6.45, 7) is 3.78. The maximum Gasteiger partial charge on any atom is 0.266 e. The molecular weight excluding hydrogens is 419 g/mol. The van der Waals surface area contributed by atoms with Crippen molar-refractivity contribution in [2.45, 2.75) is 13.8 Å². The Morgan fingerprint density at radius 3 is 2.58 bits per heavy atom. The largest absolute Gasteiger partial charge is 0.319 e. The summed E-state index contributed by atoms with van der Waals surface area (Å²) in [5.41, 5.74) is 1.73. The fourth-order valence-corrected chi connectivity index (χ4v) is 3.23. The molecule has 9 heteroatoms. The van der Waals surface area contributed by atoms with Crippen LogP contribution in [0.25, 0.3) is 0 Å². The fraction of sp³-hybridized carbons (Fsp3) is 0.136. The van der Waals surface area contributed by atoms with Crippen LogP contribution in [0.2, 0.25) is 0 Å². The molecule has 1 heterocycles. The van der Waals surface area contributed by atoms with Crippen LogP contribution < -0.4 is 15.5 Å². The third-order valence-corrected chi connectivity index (χ3v) is 5.06. The van der Waals surface area contributed by atoms with Gasteiger partial charge < -0.3 is 10.6 Å². The number of rotatable bonds is 4. The van der Waals surface area contributed by atoms with E-state index in [1.54, 1.807) is 18.2 Å². The highest BCUT2D eigenvalue weighted by atomic mass is 32.1. The molecule has 3 rings (SSSR count). The zero-order chi connectivity index (χ0) is 22.7. The first-order chi connectivity index (χ1) is 14.7. The molecule has 0 saturated carbocycles. The first-order valence-electron chi connectivity index (χ1n) is 9.16. The van der Waals surface area contributed by atoms with Gasteiger partial charge in [-0.2, -0.15) is 5.26 Å². The van der Waals surface area contributed by atoms with E-state index in [4.69, 9.17) is 12.2 Å². The van der Waals surface area contributed by atoms with E-state index in [2.05, 4.69) is 10.6 Å². The number of carbonyl (C=O) groups is 3. The molecular formula is C22H17FN4O3S. The summed E-state index contributed by atoms with van der Waals surface area (Å²) < 4.78 is 13.8. The third-order valence-electron chi connectivity index (χ3n) is 4.77. The van der Waals surface area contributed by atoms with Crippen molar-refractivity contribution >= 4 is 46.4 Å². The van der Waals surface area contributed by atoms with Gasteiger partial charge in [0, 0.05) is 0 Å². The predicted molar refractivity (Wildman–Crippen MR) is 116 cm³/mol. The standard InChI is InChI=1S/C22H17FN4O3S/c1-12-7-8-15(9-13(12)2)27-21(30)16(20(29)26-22(27)31)10-14(11-24)19(28)25-18-6-4-3-5-17(18)23/h3-10,16H,1-2H3,(H,25,28)(H,26,29,31)/b14-10+/t16-/m0/s1. The zero-order valence-electron chi connectivity index (χ0n) is 16.6. The molecule has 2 aromatic rings. The van der Waals surface area contributed by atoms with Crippen LogP contribution in [-0.2, 0) is 14.4 Å². The quantitative estimate of drug-likeness (QED) is 0.332. The van der Waals surface area contributed by atoms with Crippen LogP contribution in [0.1, 0.15) is 11.1 Å². The smallest absolute Gasteiger partial charge is 0.266 e. The first-order valence-corrected chi connectivity index (χ1v) is 9.57. The second-order valence-electron chi connectivity index (χ2n) is 6.84. The van der Waals surface area contributed by atoms with Crippen molar-refractivity contribution in [3.63, 3.8) is 0 Å². The maximum atomic E-state index is 13.8. The second-order valence-corrected chi connectivity index (χ2v) is 7.23. The van der Waals surface area contributed by atoms with Gasteiger partial charge in [0.2, 0.25) is 11.8 Å². The lowest BCUT2D eigenvalue weighted by Gasteiger charge is -2.31. The van der Waals surface area contributed by atoms with Gasteiger partial charge in [0.1, 0.15) is 23.4 Å². The van der Waals surface area contributed by atoms with Gasteiger partial charge in [-0.3, -0.25) is 19.3 Å². The van der Waals surface area contributed by atoms with Crippen molar-refractivity contribution in [1.29, 1.82) is 5.26 Å². The Labute approximate surface area is 183 Å². The van der Waals surface area contributed by atoms with Crippen molar-refractivity contribution in [1.82, 2.24) is 5.32 Å². The number of nitrogens with one attached hydrogen (secondary N) is 2. The van der Waals surface area contributed by atoms with Gasteiger partial charge in [-0.15, -0.1) is 0 Å². The molecule has 7 nitrogen and oxygen atoms in total. The van der Waals surface area contributed by atoms with Crippen LogP contribution in [0.15, 0.2) is 54.1 Å². The molecule has 0 aromatic heterocycles. The molecule has 0 aliphatic carbocycles. The van der Waals surface area contributed by atoms with E-state index in [-0.39, 0.29) is 10.8 Å². The number of thiocarbonyl (C=S) groups is 1. The topological polar surface area (TPSA) is 102 Å². The van der Waals surface area contributed by atoms with E-state index in [9.17, 15) is 24.0 Å². The molecule has 2 aromatic carbocycles. The Bertz CT molecular complexity index is 1190. The molecule has 1 saturated heterocycles. The van der Waals surface area contributed by atoms with Crippen molar-refractivity contribution < 1.29 is 18.8 Å². The molecule has 0 spiro atoms. The number of anilines is 2. The number of para-hydroxylation sites is 1. The summed E-state index contributed by atoms with van der Waals surface area (Å²) in [5.74, 6) is -4.57. The van der Waals surface area contributed by atoms with Crippen molar-refractivity contribution in [2.75, 3.05) is 10.2 Å². The van der Waals surface area contributed by atoms with Crippen LogP contribution in [0.4, 0.5) is 15.8 Å². The normalized spacial score (nSPS) is 16.6. The molecule has 1 aliphatic rings. The SMILES string of the molecule is Cc1ccc(N2C(=O)[C@@H](/C=C(\C#N)C(=O)Nc3ccccc3F)C(=O)NC2=S)cc1C. The lowest BCUT2D eigenvalue weighted by molar-refractivity contribution is -0.131. The third kappa shape index (κ3) is 4.49. The monoisotopic (exact) mass is 436 g/mol. The average Bonchev–Trinajstić information content (AvgIpc) is 2.72. The summed E-state index contributed by atoms with van der Waals surface area (Å²) in [7, 11) is 0. The van der Waals surface area contributed by atoms with E-state index in [1.807, 2.05) is 19.9 Å². The van der Waals surface area contributed by atoms with E-state index in [1.165, 1.54) is 18.2 Å². The van der Waals surface area contributed by atoms with Gasteiger partial charge in [0.05, 0.1) is 11.4 Å². The van der Waals surface area contributed by atoms with Crippen LogP contribution in [0.5, 0.6) is 0 Å². The minimum absolute atomic E-state index is 0.0998. The van der Waals surface area contributed by atoms with Crippen LogP contribution in [0.3, 0.4) is 0 Å². The minimum atomic E-state index is -1.46. The summed E-state index contributed by atoms with van der Waals surface area (Å²) in [4.78, 5) is 39.0. The number of halogens is 1. The average molecular weight is 436 g/mol. The van der Waals surface area contributed by atoms with Crippen LogP contribution in [0, 0.1) is 36.9 Å². The van der Waals surface area contributed by atoms with Crippen molar-refractivity contribution in [3.05, 3.63) is 71.1 Å². The maximum absolute atomic E-state index is 13.8. The highest BCUT2D eigenvalue weighted by Gasteiger charge is 2.39. The highest BCUT2D eigenvalue weighted by molar-refractivity contribution is 7.80. The molecule has 1 aliphatic heterocycles. The predicted octanol–water partition coefficient (Wildman–Crippen LogP) is 2.90. The minimum Gasteiger partial charge on any atom is -0.319 e. The highest BCUT2D eigenvalue weighted by Crippen LogP contribution is 2.25. The second kappa shape index (κ2) is 8.85. The summed E-state index contributed by atoms with van der Waals surface area (Å²) >= 11 is 5.15. The molecule has 0 bridgehead atoms. The van der Waals surface area contributed by atoms with Crippen LogP contribution in [-0.4, -0.2) is 22.8 Å². The number of amides is 3. The Morgan fingerprint density at radius 1 is 1.23 bits per heavy atom. The molecule has 0 unspecified atom stereocenters. The number of nitriles is 1. The molecule has 1 fully saturated rings. The number of hydrogen-bond acceptors (Lipinski definition) is 5. The number of hydrogen-bond donors (Lipinski definition) is 2. The lowest BCUT2D eigenvalue weighted by Crippen LogP contribution is -2.57. The van der Waals surface area contributed by atoms with Crippen molar-refractivity contribution in [2.24, 2.45) is 5.92 Å². The number of nitrogens with zero attached hydrogens (tertiary/aromatic N) is 2. The molecule has 3 amide bonds. The van der Waals surface area contributed by atoms with Gasteiger partial charge in [-0.05, 0) is 67.5 Å². The van der Waals surface area contributed by atoms with E-state index in [0.717, 1.165) is 28.2 Å². The fourth-order valence-electron chi connectivity index (χ4n) is 2.93. The van der Waals surface area contributed by atoms with E-state index in [0.29, 0.717) is 5.69 Å². The Morgan fingerprint density at radius 2 is 1.94 bits per heavy atom. The van der Waals surface area contributed by atoms with Gasteiger partial charge in [-0.1, -0.05) is 18.2 Å². The van der Waals surface area contributed by atoms with Crippen LogP contribution >= 0.6 is 12.2 Å². The van der Waals surface area contributed by atoms with Gasteiger partial charge in [-0.25, -0.2) is 4.39 Å². The summed E-state index contributed by atoms with van der Waals surface area (Å²) in [6.07, 6.45) is 0.948. The van der Waals surface area contributed by atoms with E-state index < -0.39 is 35.0 Å². The lowest BCUT2D eigenvalue weighted by atomic mass is 10.00. The molecule has 156 valence electrons. The Hall–Kier alpha value is -3.90. The molecule has 31 heavy (non-hydrogen) atoms. The number of carbonyl (C=O) groups excluding carboxylic acids is 3. The molecule has 1 atom stereocenters. The molecule has 2 N–H and O–H groups in total. The first kappa shape index (κ1) is 21.8.